The summed E-state index contributed by atoms with van der Waals surface area (Å²) >= 11 is 0.860. The lowest BCUT2D eigenvalue weighted by atomic mass is 10.2. The van der Waals surface area contributed by atoms with Crippen LogP contribution in [0.2, 0.25) is 0 Å². The van der Waals surface area contributed by atoms with Crippen LogP contribution < -0.4 is 5.32 Å². The second kappa shape index (κ2) is 8.45. The largest absolute Gasteiger partial charge is 0.444 e. The lowest BCUT2D eigenvalue weighted by Gasteiger charge is -2.35. The van der Waals surface area contributed by atoms with Gasteiger partial charge in [-0.3, -0.25) is 19.8 Å². The van der Waals surface area contributed by atoms with E-state index in [0.29, 0.717) is 44.1 Å². The highest BCUT2D eigenvalue weighted by Crippen LogP contribution is 2.23. The number of piperazine rings is 1. The molecular formula is C16H24N4O5S. The lowest BCUT2D eigenvalue weighted by Crippen LogP contribution is -2.51. The van der Waals surface area contributed by atoms with Gasteiger partial charge >= 0.3 is 11.1 Å². The van der Waals surface area contributed by atoms with E-state index in [9.17, 15) is 19.7 Å². The van der Waals surface area contributed by atoms with Gasteiger partial charge in [-0.15, -0.1) is 0 Å². The first-order valence-electron chi connectivity index (χ1n) is 8.38. The summed E-state index contributed by atoms with van der Waals surface area (Å²) in [4.78, 5) is 38.3. The van der Waals surface area contributed by atoms with E-state index < -0.39 is 10.5 Å². The van der Waals surface area contributed by atoms with E-state index in [1.54, 1.807) is 4.90 Å². The van der Waals surface area contributed by atoms with Gasteiger partial charge in [0.25, 0.3) is 5.91 Å². The molecule has 0 spiro atoms. The Morgan fingerprint density at radius 3 is 2.46 bits per heavy atom. The third kappa shape index (κ3) is 5.95. The molecular weight excluding hydrogens is 360 g/mol. The van der Waals surface area contributed by atoms with E-state index in [0.717, 1.165) is 11.3 Å². The molecule has 1 aliphatic heterocycles. The SMILES string of the molecule is CC(C)(C)OC(=O)N1CCN(CCNC(=O)c2ccc([N+](=O)[O-])s2)CC1. The number of ether oxygens (including phenoxy) is 1. The summed E-state index contributed by atoms with van der Waals surface area (Å²) in [5, 5.41) is 13.4. The Morgan fingerprint density at radius 2 is 1.92 bits per heavy atom. The molecule has 2 amide bonds. The van der Waals surface area contributed by atoms with Gasteiger partial charge in [0, 0.05) is 45.3 Å². The third-order valence-electron chi connectivity index (χ3n) is 3.73. The van der Waals surface area contributed by atoms with Gasteiger partial charge in [0.15, 0.2) is 0 Å². The highest BCUT2D eigenvalue weighted by atomic mass is 32.1. The fourth-order valence-electron chi connectivity index (χ4n) is 2.44. The predicted octanol–water partition coefficient (Wildman–Crippen LogP) is 1.94. The molecule has 1 aromatic heterocycles. The number of nitrogens with zero attached hydrogens (tertiary/aromatic N) is 3. The topological polar surface area (TPSA) is 105 Å². The van der Waals surface area contributed by atoms with E-state index in [1.165, 1.54) is 12.1 Å². The summed E-state index contributed by atoms with van der Waals surface area (Å²) in [5.41, 5.74) is -0.505. The van der Waals surface area contributed by atoms with Crippen molar-refractivity contribution in [2.24, 2.45) is 0 Å². The molecule has 1 aliphatic rings. The molecule has 0 unspecified atom stereocenters. The molecule has 0 atom stereocenters. The normalized spacial score (nSPS) is 15.6. The van der Waals surface area contributed by atoms with Crippen LogP contribution in [0.4, 0.5) is 9.80 Å². The van der Waals surface area contributed by atoms with E-state index in [-0.39, 0.29) is 17.0 Å². The molecule has 0 radical (unpaired) electrons. The van der Waals surface area contributed by atoms with Crippen LogP contribution in [0.5, 0.6) is 0 Å². The minimum absolute atomic E-state index is 0.0478. The number of carbonyl (C=O) groups is 2. The van der Waals surface area contributed by atoms with Crippen LogP contribution in [0.1, 0.15) is 30.4 Å². The van der Waals surface area contributed by atoms with Crippen molar-refractivity contribution in [3.63, 3.8) is 0 Å². The van der Waals surface area contributed by atoms with Crippen LogP contribution >= 0.6 is 11.3 Å². The van der Waals surface area contributed by atoms with Crippen LogP contribution in [0, 0.1) is 10.1 Å². The number of carbonyl (C=O) groups excluding carboxylic acids is 2. The summed E-state index contributed by atoms with van der Waals surface area (Å²) in [5.74, 6) is -0.310. The number of rotatable bonds is 5. The van der Waals surface area contributed by atoms with Crippen molar-refractivity contribution in [1.29, 1.82) is 0 Å². The molecule has 1 N–H and O–H groups in total. The molecule has 26 heavy (non-hydrogen) atoms. The summed E-state index contributed by atoms with van der Waals surface area (Å²) in [7, 11) is 0. The molecule has 10 heteroatoms. The van der Waals surface area contributed by atoms with Gasteiger partial charge in [0.1, 0.15) is 5.60 Å². The fourth-order valence-corrected chi connectivity index (χ4v) is 3.18. The second-order valence-electron chi connectivity index (χ2n) is 6.96. The molecule has 0 aromatic carbocycles. The summed E-state index contributed by atoms with van der Waals surface area (Å²) < 4.78 is 5.36. The number of amides is 2. The smallest absolute Gasteiger partial charge is 0.410 e. The summed E-state index contributed by atoms with van der Waals surface area (Å²) in [6.07, 6.45) is -0.301. The number of hydrogen-bond acceptors (Lipinski definition) is 7. The zero-order chi connectivity index (χ0) is 19.3. The maximum Gasteiger partial charge on any atom is 0.410 e. The minimum Gasteiger partial charge on any atom is -0.444 e. The van der Waals surface area contributed by atoms with Crippen LogP contribution in [0.15, 0.2) is 12.1 Å². The average molecular weight is 384 g/mol. The average Bonchev–Trinajstić information content (AvgIpc) is 3.04. The quantitative estimate of drug-likeness (QED) is 0.614. The third-order valence-corrected chi connectivity index (χ3v) is 4.77. The molecule has 1 aromatic rings. The first kappa shape index (κ1) is 20.1. The Hall–Kier alpha value is -2.20. The van der Waals surface area contributed by atoms with Gasteiger partial charge in [-0.2, -0.15) is 0 Å². The molecule has 0 saturated carbocycles. The number of hydrogen-bond donors (Lipinski definition) is 1. The van der Waals surface area contributed by atoms with Crippen LogP contribution in [-0.4, -0.2) is 71.6 Å². The molecule has 0 bridgehead atoms. The van der Waals surface area contributed by atoms with E-state index in [4.69, 9.17) is 4.74 Å². The monoisotopic (exact) mass is 384 g/mol. The molecule has 2 heterocycles. The van der Waals surface area contributed by atoms with E-state index in [2.05, 4.69) is 10.2 Å². The Bertz CT molecular complexity index is 662. The Balaban J connectivity index is 1.69. The predicted molar refractivity (Wildman–Crippen MR) is 97.6 cm³/mol. The van der Waals surface area contributed by atoms with Crippen molar-refractivity contribution in [3.05, 3.63) is 27.1 Å². The van der Waals surface area contributed by atoms with Gasteiger partial charge in [0.2, 0.25) is 0 Å². The van der Waals surface area contributed by atoms with E-state index in [1.807, 2.05) is 20.8 Å². The number of nitro groups is 1. The van der Waals surface area contributed by atoms with Gasteiger partial charge in [-0.1, -0.05) is 11.3 Å². The Morgan fingerprint density at radius 1 is 1.27 bits per heavy atom. The highest BCUT2D eigenvalue weighted by molar-refractivity contribution is 7.17. The standard InChI is InChI=1S/C16H24N4O5S/c1-16(2,3)25-15(22)19-10-8-18(9-11-19)7-6-17-14(21)12-4-5-13(26-12)20(23)24/h4-5H,6-11H2,1-3H3,(H,17,21). The zero-order valence-corrected chi connectivity index (χ0v) is 16.0. The Kier molecular flexibility index (Phi) is 6.54. The molecule has 9 nitrogen and oxygen atoms in total. The molecule has 1 fully saturated rings. The van der Waals surface area contributed by atoms with Crippen LogP contribution in [0.3, 0.4) is 0 Å². The molecule has 1 saturated heterocycles. The van der Waals surface area contributed by atoms with Crippen LogP contribution in [-0.2, 0) is 4.74 Å². The maximum absolute atomic E-state index is 12.0. The lowest BCUT2D eigenvalue weighted by molar-refractivity contribution is -0.380. The van der Waals surface area contributed by atoms with Gasteiger partial charge in [-0.05, 0) is 26.8 Å². The molecule has 144 valence electrons. The minimum atomic E-state index is -0.508. The van der Waals surface area contributed by atoms with Crippen molar-refractivity contribution in [3.8, 4) is 0 Å². The van der Waals surface area contributed by atoms with Gasteiger partial charge in [-0.25, -0.2) is 4.79 Å². The van der Waals surface area contributed by atoms with Gasteiger partial charge < -0.3 is 15.0 Å². The Labute approximate surface area is 156 Å². The second-order valence-corrected chi connectivity index (χ2v) is 8.02. The highest BCUT2D eigenvalue weighted by Gasteiger charge is 2.25. The first-order valence-corrected chi connectivity index (χ1v) is 9.20. The number of thiophene rings is 1. The first-order chi connectivity index (χ1) is 12.2. The van der Waals surface area contributed by atoms with Crippen molar-refractivity contribution in [1.82, 2.24) is 15.1 Å². The maximum atomic E-state index is 12.0. The molecule has 0 aliphatic carbocycles. The van der Waals surface area contributed by atoms with Crippen molar-refractivity contribution < 1.29 is 19.2 Å². The van der Waals surface area contributed by atoms with Crippen molar-refractivity contribution in [2.75, 3.05) is 39.3 Å². The van der Waals surface area contributed by atoms with Crippen molar-refractivity contribution >= 4 is 28.3 Å². The number of nitrogens with one attached hydrogen (secondary N) is 1. The van der Waals surface area contributed by atoms with Crippen molar-refractivity contribution in [2.45, 2.75) is 26.4 Å². The van der Waals surface area contributed by atoms with E-state index >= 15 is 0 Å². The van der Waals surface area contributed by atoms with Gasteiger partial charge in [0.05, 0.1) is 9.80 Å². The zero-order valence-electron chi connectivity index (χ0n) is 15.2. The molecule has 2 rings (SSSR count). The van der Waals surface area contributed by atoms with Crippen LogP contribution in [0.25, 0.3) is 0 Å². The summed E-state index contributed by atoms with van der Waals surface area (Å²) in [6, 6.07) is 2.78. The fraction of sp³-hybridized carbons (Fsp3) is 0.625. The summed E-state index contributed by atoms with van der Waals surface area (Å²) in [6.45, 7) is 9.20.